The predicted molar refractivity (Wildman–Crippen MR) is 100 cm³/mol. The van der Waals surface area contributed by atoms with Gasteiger partial charge in [0, 0.05) is 31.4 Å². The maximum atomic E-state index is 12.9. The highest BCUT2D eigenvalue weighted by atomic mass is 32.2. The normalized spacial score (nSPS) is 20.5. The van der Waals surface area contributed by atoms with Crippen molar-refractivity contribution in [2.24, 2.45) is 5.92 Å². The summed E-state index contributed by atoms with van der Waals surface area (Å²) in [6, 6.07) is 1.51. The second-order valence-electron chi connectivity index (χ2n) is 7.17. The van der Waals surface area contributed by atoms with Crippen LogP contribution in [0.5, 0.6) is 0 Å². The molecular formula is C17H25N5O4S. The summed E-state index contributed by atoms with van der Waals surface area (Å²) in [4.78, 5) is 17.4. The summed E-state index contributed by atoms with van der Waals surface area (Å²) < 4.78 is 32.6. The number of hydrogen-bond acceptors (Lipinski definition) is 6. The van der Waals surface area contributed by atoms with E-state index in [0.717, 1.165) is 11.4 Å². The minimum Gasteiger partial charge on any atom is -0.379 e. The average molecular weight is 395 g/mol. The van der Waals surface area contributed by atoms with Crippen LogP contribution in [0.25, 0.3) is 5.65 Å². The summed E-state index contributed by atoms with van der Waals surface area (Å²) in [5.74, 6) is -0.697. The molecule has 1 amide bonds. The Kier molecular flexibility index (Phi) is 5.24. The van der Waals surface area contributed by atoms with E-state index in [1.54, 1.807) is 11.4 Å². The van der Waals surface area contributed by atoms with E-state index in [9.17, 15) is 13.2 Å². The van der Waals surface area contributed by atoms with Crippen molar-refractivity contribution in [3.63, 3.8) is 0 Å². The van der Waals surface area contributed by atoms with Crippen LogP contribution in [0, 0.1) is 26.7 Å². The molecule has 1 fully saturated rings. The number of sulfonamides is 1. The lowest BCUT2D eigenvalue weighted by atomic mass is 10.1. The largest absolute Gasteiger partial charge is 0.379 e. The Balaban J connectivity index is 1.85. The maximum Gasteiger partial charge on any atom is 0.257 e. The van der Waals surface area contributed by atoms with E-state index in [0.29, 0.717) is 23.5 Å². The third kappa shape index (κ3) is 3.83. The SMILES string of the molecule is Cc1cc(C)n2nc(C)c(C(=O)NC3COCC3CS(=O)(=O)N(C)C)c2n1. The first-order valence-electron chi connectivity index (χ1n) is 8.72. The van der Waals surface area contributed by atoms with Gasteiger partial charge in [-0.1, -0.05) is 0 Å². The van der Waals surface area contributed by atoms with E-state index < -0.39 is 10.0 Å². The first-order chi connectivity index (χ1) is 12.6. The van der Waals surface area contributed by atoms with Crippen LogP contribution in [0.2, 0.25) is 0 Å². The quantitative estimate of drug-likeness (QED) is 0.780. The molecule has 9 nitrogen and oxygen atoms in total. The molecule has 1 saturated heterocycles. The number of ether oxygens (including phenoxy) is 1. The van der Waals surface area contributed by atoms with E-state index in [1.807, 2.05) is 19.9 Å². The van der Waals surface area contributed by atoms with E-state index in [-0.39, 0.29) is 30.2 Å². The molecule has 3 heterocycles. The number of aryl methyl sites for hydroxylation is 3. The number of nitrogens with zero attached hydrogens (tertiary/aromatic N) is 4. The number of amides is 1. The van der Waals surface area contributed by atoms with E-state index in [2.05, 4.69) is 15.4 Å². The molecule has 0 aliphatic carbocycles. The van der Waals surface area contributed by atoms with Crippen LogP contribution in [0.3, 0.4) is 0 Å². The molecule has 2 atom stereocenters. The van der Waals surface area contributed by atoms with Crippen molar-refractivity contribution in [3.8, 4) is 0 Å². The molecule has 27 heavy (non-hydrogen) atoms. The van der Waals surface area contributed by atoms with Gasteiger partial charge in [-0.3, -0.25) is 4.79 Å². The Hall–Kier alpha value is -2.04. The summed E-state index contributed by atoms with van der Waals surface area (Å²) in [6.07, 6.45) is 0. The summed E-state index contributed by atoms with van der Waals surface area (Å²) in [5, 5.41) is 7.34. The number of aromatic nitrogens is 3. The second-order valence-corrected chi connectivity index (χ2v) is 9.40. The zero-order chi connectivity index (χ0) is 19.9. The number of rotatable bonds is 5. The Labute approximate surface area is 158 Å². The van der Waals surface area contributed by atoms with Gasteiger partial charge in [0.1, 0.15) is 5.56 Å². The topological polar surface area (TPSA) is 106 Å². The van der Waals surface area contributed by atoms with Gasteiger partial charge in [-0.2, -0.15) is 5.10 Å². The molecule has 0 aromatic carbocycles. The number of hydrogen-bond donors (Lipinski definition) is 1. The summed E-state index contributed by atoms with van der Waals surface area (Å²) in [5.41, 5.74) is 3.17. The summed E-state index contributed by atoms with van der Waals surface area (Å²) in [7, 11) is -0.390. The lowest BCUT2D eigenvalue weighted by molar-refractivity contribution is 0.0927. The number of nitrogens with one attached hydrogen (secondary N) is 1. The van der Waals surface area contributed by atoms with E-state index in [1.165, 1.54) is 18.4 Å². The molecule has 0 radical (unpaired) electrons. The minimum absolute atomic E-state index is 0.0743. The molecule has 148 valence electrons. The highest BCUT2D eigenvalue weighted by molar-refractivity contribution is 7.89. The monoisotopic (exact) mass is 395 g/mol. The molecule has 2 unspecified atom stereocenters. The van der Waals surface area contributed by atoms with Gasteiger partial charge >= 0.3 is 0 Å². The summed E-state index contributed by atoms with van der Waals surface area (Å²) in [6.45, 7) is 6.11. The van der Waals surface area contributed by atoms with Crippen LogP contribution >= 0.6 is 0 Å². The number of fused-ring (bicyclic) bond motifs is 1. The van der Waals surface area contributed by atoms with Crippen LogP contribution < -0.4 is 5.32 Å². The number of carbonyl (C=O) groups is 1. The molecular weight excluding hydrogens is 370 g/mol. The summed E-state index contributed by atoms with van der Waals surface area (Å²) >= 11 is 0. The molecule has 1 aliphatic heterocycles. The van der Waals surface area contributed by atoms with Crippen molar-refractivity contribution < 1.29 is 17.9 Å². The highest BCUT2D eigenvalue weighted by Crippen LogP contribution is 2.20. The fourth-order valence-electron chi connectivity index (χ4n) is 3.28. The Morgan fingerprint density at radius 3 is 2.70 bits per heavy atom. The Morgan fingerprint density at radius 2 is 2.04 bits per heavy atom. The van der Waals surface area contributed by atoms with Crippen LogP contribution in [0.4, 0.5) is 0 Å². The highest BCUT2D eigenvalue weighted by Gasteiger charge is 2.35. The standard InChI is InChI=1S/C17H25N5O4S/c1-10-6-11(2)22-16(18-10)15(12(3)20-22)17(23)19-14-8-26-7-13(14)9-27(24,25)21(4)5/h6,13-14H,7-9H2,1-5H3,(H,19,23). The molecule has 2 aromatic heterocycles. The zero-order valence-electron chi connectivity index (χ0n) is 16.2. The molecule has 1 N–H and O–H groups in total. The van der Waals surface area contributed by atoms with Crippen LogP contribution in [-0.4, -0.2) is 72.3 Å². The zero-order valence-corrected chi connectivity index (χ0v) is 17.0. The van der Waals surface area contributed by atoms with Gasteiger partial charge < -0.3 is 10.1 Å². The predicted octanol–water partition coefficient (Wildman–Crippen LogP) is 0.291. The van der Waals surface area contributed by atoms with Gasteiger partial charge in [-0.05, 0) is 26.8 Å². The minimum atomic E-state index is -3.38. The van der Waals surface area contributed by atoms with Crippen LogP contribution in [0.1, 0.15) is 27.4 Å². The van der Waals surface area contributed by atoms with Crippen molar-refractivity contribution in [3.05, 3.63) is 28.7 Å². The molecule has 10 heteroatoms. The van der Waals surface area contributed by atoms with Crippen LogP contribution in [-0.2, 0) is 14.8 Å². The molecule has 0 saturated carbocycles. The van der Waals surface area contributed by atoms with Gasteiger partial charge in [0.25, 0.3) is 5.91 Å². The van der Waals surface area contributed by atoms with Gasteiger partial charge in [-0.25, -0.2) is 22.2 Å². The van der Waals surface area contributed by atoms with E-state index in [4.69, 9.17) is 4.74 Å². The van der Waals surface area contributed by atoms with Gasteiger partial charge in [0.15, 0.2) is 5.65 Å². The fraction of sp³-hybridized carbons (Fsp3) is 0.588. The van der Waals surface area contributed by atoms with Gasteiger partial charge in [0.05, 0.1) is 30.7 Å². The maximum absolute atomic E-state index is 12.9. The lowest BCUT2D eigenvalue weighted by Gasteiger charge is -2.21. The second kappa shape index (κ2) is 7.17. The van der Waals surface area contributed by atoms with Crippen molar-refractivity contribution in [1.82, 2.24) is 24.2 Å². The first-order valence-corrected chi connectivity index (χ1v) is 10.3. The van der Waals surface area contributed by atoms with Crippen molar-refractivity contribution >= 4 is 21.6 Å². The molecule has 3 rings (SSSR count). The first kappa shape index (κ1) is 19.7. The third-order valence-corrected chi connectivity index (χ3v) is 6.76. The molecule has 0 spiro atoms. The lowest BCUT2D eigenvalue weighted by Crippen LogP contribution is -2.43. The molecule has 0 bridgehead atoms. The van der Waals surface area contributed by atoms with Gasteiger partial charge in [-0.15, -0.1) is 0 Å². The Morgan fingerprint density at radius 1 is 1.33 bits per heavy atom. The number of carbonyl (C=O) groups excluding carboxylic acids is 1. The Bertz CT molecular complexity index is 983. The van der Waals surface area contributed by atoms with Crippen molar-refractivity contribution in [2.75, 3.05) is 33.1 Å². The molecule has 1 aliphatic rings. The smallest absolute Gasteiger partial charge is 0.257 e. The van der Waals surface area contributed by atoms with Crippen LogP contribution in [0.15, 0.2) is 6.07 Å². The molecule has 2 aromatic rings. The van der Waals surface area contributed by atoms with Crippen molar-refractivity contribution in [2.45, 2.75) is 26.8 Å². The van der Waals surface area contributed by atoms with E-state index >= 15 is 0 Å². The van der Waals surface area contributed by atoms with Crippen molar-refractivity contribution in [1.29, 1.82) is 0 Å². The third-order valence-electron chi connectivity index (χ3n) is 4.79. The average Bonchev–Trinajstić information content (AvgIpc) is 3.10. The van der Waals surface area contributed by atoms with Gasteiger partial charge in [0.2, 0.25) is 10.0 Å². The fourth-order valence-corrected chi connectivity index (χ4v) is 4.44.